The molecule has 0 fully saturated rings. The average molecular weight is 433 g/mol. The molecule has 0 aliphatic rings. The fraction of sp³-hybridized carbons (Fsp3) is 0.680. The van der Waals surface area contributed by atoms with Crippen molar-refractivity contribution in [3.63, 3.8) is 0 Å². The molecule has 168 valence electrons. The number of ether oxygens (including phenoxy) is 1. The standard InChI is InChI=1S/C25H40N2O2S/c1-23(2,19-25(5,22(28)29-9)30-17-13-16-27(7)8)21(18-24(3,4)26-6)20-14-11-10-12-15-20/h10-12,14-15,21H,13,16-19H2,1-5,7-9H3. The Balaban J connectivity index is 3.18. The number of thioether (sulfide) groups is 1. The van der Waals surface area contributed by atoms with E-state index in [4.69, 9.17) is 11.3 Å². The molecule has 1 aromatic carbocycles. The van der Waals surface area contributed by atoms with Gasteiger partial charge in [0.1, 0.15) is 4.75 Å². The summed E-state index contributed by atoms with van der Waals surface area (Å²) in [4.78, 5) is 18.9. The lowest BCUT2D eigenvalue weighted by atomic mass is 9.66. The predicted octanol–water partition coefficient (Wildman–Crippen LogP) is 5.89. The number of rotatable bonds is 12. The summed E-state index contributed by atoms with van der Waals surface area (Å²) in [5.74, 6) is 0.902. The quantitative estimate of drug-likeness (QED) is 0.234. The van der Waals surface area contributed by atoms with Crippen molar-refractivity contribution in [2.45, 2.75) is 70.1 Å². The number of esters is 1. The number of carbonyl (C=O) groups is 1. The van der Waals surface area contributed by atoms with Gasteiger partial charge in [0, 0.05) is 20.3 Å². The minimum atomic E-state index is -0.625. The van der Waals surface area contributed by atoms with Crippen LogP contribution in [0.5, 0.6) is 0 Å². The zero-order valence-corrected chi connectivity index (χ0v) is 20.9. The monoisotopic (exact) mass is 432 g/mol. The van der Waals surface area contributed by atoms with E-state index in [1.165, 1.54) is 12.7 Å². The first-order chi connectivity index (χ1) is 13.9. The Bertz CT molecular complexity index is 710. The minimum Gasteiger partial charge on any atom is -0.468 e. The van der Waals surface area contributed by atoms with Gasteiger partial charge in [-0.25, -0.2) is 6.57 Å². The third-order valence-electron chi connectivity index (χ3n) is 5.73. The van der Waals surface area contributed by atoms with Crippen LogP contribution >= 0.6 is 11.8 Å². The van der Waals surface area contributed by atoms with Crippen molar-refractivity contribution in [3.05, 3.63) is 47.3 Å². The van der Waals surface area contributed by atoms with Crippen LogP contribution in [0, 0.1) is 12.0 Å². The maximum atomic E-state index is 12.8. The van der Waals surface area contributed by atoms with Crippen LogP contribution in [0.15, 0.2) is 30.3 Å². The molecule has 0 bridgehead atoms. The molecule has 1 rings (SSSR count). The summed E-state index contributed by atoms with van der Waals surface area (Å²) in [6.45, 7) is 19.1. The largest absolute Gasteiger partial charge is 0.468 e. The summed E-state index contributed by atoms with van der Waals surface area (Å²) in [6, 6.07) is 10.4. The van der Waals surface area contributed by atoms with Crippen molar-refractivity contribution in [1.82, 2.24) is 4.90 Å². The number of nitrogens with zero attached hydrogens (tertiary/aromatic N) is 2. The van der Waals surface area contributed by atoms with Crippen LogP contribution < -0.4 is 0 Å². The average Bonchev–Trinajstić information content (AvgIpc) is 2.69. The van der Waals surface area contributed by atoms with Gasteiger partial charge in [-0.2, -0.15) is 0 Å². The second-order valence-corrected chi connectivity index (χ2v) is 11.6. The second-order valence-electron chi connectivity index (χ2n) is 9.98. The van der Waals surface area contributed by atoms with Crippen molar-refractivity contribution in [2.75, 3.05) is 33.5 Å². The zero-order chi connectivity index (χ0) is 23.0. The molecule has 0 amide bonds. The fourth-order valence-corrected chi connectivity index (χ4v) is 5.54. The van der Waals surface area contributed by atoms with Crippen LogP contribution in [-0.4, -0.2) is 54.7 Å². The molecule has 0 aromatic heterocycles. The summed E-state index contributed by atoms with van der Waals surface area (Å²) in [7, 11) is 5.61. The molecule has 0 aliphatic heterocycles. The van der Waals surface area contributed by atoms with Crippen molar-refractivity contribution in [1.29, 1.82) is 0 Å². The zero-order valence-electron chi connectivity index (χ0n) is 20.1. The first-order valence-corrected chi connectivity index (χ1v) is 11.7. The van der Waals surface area contributed by atoms with Gasteiger partial charge in [-0.05, 0) is 63.1 Å². The maximum absolute atomic E-state index is 12.8. The van der Waals surface area contributed by atoms with Crippen molar-refractivity contribution in [2.24, 2.45) is 5.41 Å². The van der Waals surface area contributed by atoms with E-state index in [1.54, 1.807) is 11.8 Å². The molecule has 0 saturated carbocycles. The van der Waals surface area contributed by atoms with E-state index in [0.717, 1.165) is 25.1 Å². The maximum Gasteiger partial charge on any atom is 0.321 e. The first kappa shape index (κ1) is 26.5. The van der Waals surface area contributed by atoms with E-state index in [2.05, 4.69) is 62.0 Å². The predicted molar refractivity (Wildman–Crippen MR) is 129 cm³/mol. The Labute approximate surface area is 188 Å². The van der Waals surface area contributed by atoms with Gasteiger partial charge in [0.2, 0.25) is 5.54 Å². The lowest BCUT2D eigenvalue weighted by Gasteiger charge is -2.41. The van der Waals surface area contributed by atoms with Crippen molar-refractivity contribution < 1.29 is 9.53 Å². The van der Waals surface area contributed by atoms with Crippen molar-refractivity contribution in [3.8, 4) is 0 Å². The molecule has 0 saturated heterocycles. The molecule has 0 radical (unpaired) electrons. The molecule has 30 heavy (non-hydrogen) atoms. The van der Waals surface area contributed by atoms with Gasteiger partial charge in [0.05, 0.1) is 7.11 Å². The molecule has 1 aromatic rings. The Morgan fingerprint density at radius 3 is 2.27 bits per heavy atom. The number of carbonyl (C=O) groups excluding carboxylic acids is 1. The molecule has 0 heterocycles. The Kier molecular flexibility index (Phi) is 9.91. The molecular formula is C25H40N2O2S. The molecule has 0 N–H and O–H groups in total. The second kappa shape index (κ2) is 11.2. The highest BCUT2D eigenvalue weighted by Gasteiger charge is 2.45. The highest BCUT2D eigenvalue weighted by molar-refractivity contribution is 8.01. The molecular weight excluding hydrogens is 392 g/mol. The SMILES string of the molecule is [C-]#[N+]C(C)(C)CC(c1ccccc1)C(C)(C)CC(C)(SCCCN(C)C)C(=O)OC. The van der Waals surface area contributed by atoms with Crippen LogP contribution in [0.3, 0.4) is 0 Å². The number of benzene rings is 1. The third-order valence-corrected chi connectivity index (χ3v) is 7.17. The third kappa shape index (κ3) is 7.96. The topological polar surface area (TPSA) is 33.9 Å². The van der Waals surface area contributed by atoms with Crippen LogP contribution in [0.4, 0.5) is 0 Å². The summed E-state index contributed by atoms with van der Waals surface area (Å²) in [6.07, 6.45) is 2.46. The molecule has 2 unspecified atom stereocenters. The lowest BCUT2D eigenvalue weighted by molar-refractivity contribution is -0.144. The van der Waals surface area contributed by atoms with E-state index in [-0.39, 0.29) is 17.3 Å². The van der Waals surface area contributed by atoms with Crippen LogP contribution in [0.2, 0.25) is 0 Å². The van der Waals surface area contributed by atoms with Gasteiger partial charge < -0.3 is 14.5 Å². The Morgan fingerprint density at radius 1 is 1.17 bits per heavy atom. The lowest BCUT2D eigenvalue weighted by Crippen LogP contribution is -2.41. The van der Waals surface area contributed by atoms with Gasteiger partial charge in [-0.3, -0.25) is 4.79 Å². The smallest absolute Gasteiger partial charge is 0.321 e. The van der Waals surface area contributed by atoms with E-state index in [9.17, 15) is 4.79 Å². The molecule has 0 spiro atoms. The van der Waals surface area contributed by atoms with Gasteiger partial charge in [-0.15, -0.1) is 11.8 Å². The van der Waals surface area contributed by atoms with E-state index in [1.807, 2.05) is 26.8 Å². The van der Waals surface area contributed by atoms with Gasteiger partial charge in [-0.1, -0.05) is 44.2 Å². The van der Waals surface area contributed by atoms with Gasteiger partial charge in [0.25, 0.3) is 0 Å². The molecule has 4 nitrogen and oxygen atoms in total. The van der Waals surface area contributed by atoms with Gasteiger partial charge >= 0.3 is 5.97 Å². The van der Waals surface area contributed by atoms with Gasteiger partial charge in [0.15, 0.2) is 0 Å². The number of hydrogen-bond donors (Lipinski definition) is 0. The fourth-order valence-electron chi connectivity index (χ4n) is 4.14. The van der Waals surface area contributed by atoms with E-state index < -0.39 is 10.3 Å². The number of hydrogen-bond acceptors (Lipinski definition) is 4. The van der Waals surface area contributed by atoms with Crippen molar-refractivity contribution >= 4 is 17.7 Å². The van der Waals surface area contributed by atoms with E-state index in [0.29, 0.717) is 6.42 Å². The normalized spacial score (nSPS) is 15.3. The number of methoxy groups -OCH3 is 1. The molecule has 0 aliphatic carbocycles. The summed E-state index contributed by atoms with van der Waals surface area (Å²) in [5, 5.41) is 0. The minimum absolute atomic E-state index is 0.161. The summed E-state index contributed by atoms with van der Waals surface area (Å²) < 4.78 is 4.60. The summed E-state index contributed by atoms with van der Waals surface area (Å²) >= 11 is 1.70. The Morgan fingerprint density at radius 2 is 1.77 bits per heavy atom. The molecule has 5 heteroatoms. The molecule has 2 atom stereocenters. The Hall–Kier alpha value is -1.51. The highest BCUT2D eigenvalue weighted by Crippen LogP contribution is 2.49. The van der Waals surface area contributed by atoms with Crippen LogP contribution in [-0.2, 0) is 9.53 Å². The first-order valence-electron chi connectivity index (χ1n) is 10.7. The van der Waals surface area contributed by atoms with Crippen LogP contribution in [0.25, 0.3) is 4.85 Å². The summed E-state index contributed by atoms with van der Waals surface area (Å²) in [5.41, 5.74) is 0.572. The van der Waals surface area contributed by atoms with E-state index >= 15 is 0 Å². The highest BCUT2D eigenvalue weighted by atomic mass is 32.2. The van der Waals surface area contributed by atoms with Crippen LogP contribution in [0.1, 0.15) is 65.4 Å².